The van der Waals surface area contributed by atoms with Crippen molar-refractivity contribution in [3.8, 4) is 0 Å². The van der Waals surface area contributed by atoms with E-state index < -0.39 is 0 Å². The molecule has 0 amide bonds. The van der Waals surface area contributed by atoms with Gasteiger partial charge in [-0.25, -0.2) is 0 Å². The Labute approximate surface area is 126 Å². The van der Waals surface area contributed by atoms with Gasteiger partial charge in [0.15, 0.2) is 0 Å². The zero-order valence-corrected chi connectivity index (χ0v) is 12.8. The monoisotopic (exact) mass is 284 g/mol. The highest BCUT2D eigenvalue weighted by molar-refractivity contribution is 5.15. The van der Waals surface area contributed by atoms with Crippen molar-refractivity contribution in [2.75, 3.05) is 6.54 Å². The van der Waals surface area contributed by atoms with Crippen molar-refractivity contribution in [3.05, 3.63) is 60.2 Å². The van der Waals surface area contributed by atoms with Crippen LogP contribution in [0.1, 0.15) is 29.8 Å². The van der Waals surface area contributed by atoms with Crippen LogP contribution in [0.2, 0.25) is 0 Å². The molecule has 0 saturated heterocycles. The normalized spacial score (nSPS) is 10.7. The van der Waals surface area contributed by atoms with Gasteiger partial charge >= 0.3 is 0 Å². The Morgan fingerprint density at radius 1 is 1.33 bits per heavy atom. The van der Waals surface area contributed by atoms with E-state index in [0.717, 1.165) is 38.2 Å². The van der Waals surface area contributed by atoms with Crippen molar-refractivity contribution in [3.63, 3.8) is 0 Å². The summed E-state index contributed by atoms with van der Waals surface area (Å²) in [4.78, 5) is 4.34. The lowest BCUT2D eigenvalue weighted by Crippen LogP contribution is -2.15. The second-order valence-electron chi connectivity index (χ2n) is 5.21. The van der Waals surface area contributed by atoms with Gasteiger partial charge in [-0.2, -0.15) is 5.10 Å². The molecule has 4 nitrogen and oxygen atoms in total. The number of nitrogens with zero attached hydrogens (tertiary/aromatic N) is 3. The lowest BCUT2D eigenvalue weighted by molar-refractivity contribution is 0.618. The molecule has 2 aromatic rings. The number of pyridine rings is 1. The fraction of sp³-hybridized carbons (Fsp3) is 0.412. The van der Waals surface area contributed by atoms with Crippen molar-refractivity contribution >= 4 is 0 Å². The van der Waals surface area contributed by atoms with E-state index in [1.54, 1.807) is 0 Å². The summed E-state index contributed by atoms with van der Waals surface area (Å²) in [7, 11) is 0. The predicted octanol–water partition coefficient (Wildman–Crippen LogP) is 2.89. The van der Waals surface area contributed by atoms with E-state index in [2.05, 4.69) is 41.2 Å². The van der Waals surface area contributed by atoms with E-state index in [-0.39, 0.29) is 0 Å². The van der Waals surface area contributed by atoms with Gasteiger partial charge in [0.05, 0.1) is 12.2 Å². The van der Waals surface area contributed by atoms with Crippen molar-refractivity contribution in [2.45, 2.75) is 39.3 Å². The summed E-state index contributed by atoms with van der Waals surface area (Å²) in [5.41, 5.74) is 3.54. The maximum absolute atomic E-state index is 4.45. The Bertz CT molecular complexity index is 545. The van der Waals surface area contributed by atoms with Gasteiger partial charge in [0.25, 0.3) is 0 Å². The summed E-state index contributed by atoms with van der Waals surface area (Å²) in [6.07, 6.45) is 9.20. The minimum absolute atomic E-state index is 0.769. The van der Waals surface area contributed by atoms with Gasteiger partial charge in [0, 0.05) is 30.2 Å². The smallest absolute Gasteiger partial charge is 0.0638 e. The molecule has 2 rings (SSSR count). The summed E-state index contributed by atoms with van der Waals surface area (Å²) in [5.74, 6) is 0. The van der Waals surface area contributed by atoms with Crippen LogP contribution in [0.3, 0.4) is 0 Å². The third-order valence-electron chi connectivity index (χ3n) is 3.44. The molecule has 0 aromatic carbocycles. The number of unbranched alkanes of at least 4 members (excludes halogenated alkanes) is 1. The Morgan fingerprint density at radius 2 is 2.24 bits per heavy atom. The van der Waals surface area contributed by atoms with Crippen molar-refractivity contribution < 1.29 is 0 Å². The number of hydrogen-bond acceptors (Lipinski definition) is 3. The molecule has 21 heavy (non-hydrogen) atoms. The average molecular weight is 284 g/mol. The summed E-state index contributed by atoms with van der Waals surface area (Å²) < 4.78 is 1.93. The van der Waals surface area contributed by atoms with E-state index >= 15 is 0 Å². The first-order valence-electron chi connectivity index (χ1n) is 7.54. The first-order valence-corrected chi connectivity index (χ1v) is 7.54. The highest BCUT2D eigenvalue weighted by Crippen LogP contribution is 2.06. The van der Waals surface area contributed by atoms with Gasteiger partial charge in [-0.15, -0.1) is 6.58 Å². The fourth-order valence-corrected chi connectivity index (χ4v) is 2.28. The highest BCUT2D eigenvalue weighted by Gasteiger charge is 2.03. The highest BCUT2D eigenvalue weighted by atomic mass is 15.3. The van der Waals surface area contributed by atoms with Crippen molar-refractivity contribution in [1.29, 1.82) is 0 Å². The zero-order valence-electron chi connectivity index (χ0n) is 12.8. The standard InChI is InChI=1S/C17H24N4/c1-3-12-21-14-16(15(2)20-21)13-18-10-6-4-8-17-9-5-7-11-19-17/h3,5,7,9,11,14,18H,1,4,6,8,10,12-13H2,2H3. The Kier molecular flexibility index (Phi) is 6.16. The average Bonchev–Trinajstić information content (AvgIpc) is 2.84. The number of nitrogens with one attached hydrogen (secondary N) is 1. The maximum atomic E-state index is 4.45. The van der Waals surface area contributed by atoms with Crippen molar-refractivity contribution in [2.24, 2.45) is 0 Å². The van der Waals surface area contributed by atoms with E-state index in [1.165, 1.54) is 17.7 Å². The summed E-state index contributed by atoms with van der Waals surface area (Å²) in [5, 5.41) is 7.94. The molecule has 0 unspecified atom stereocenters. The number of allylic oxidation sites excluding steroid dienone is 1. The van der Waals surface area contributed by atoms with Crippen LogP contribution >= 0.6 is 0 Å². The van der Waals surface area contributed by atoms with Gasteiger partial charge in [0.2, 0.25) is 0 Å². The number of aromatic nitrogens is 3. The third kappa shape index (κ3) is 5.16. The summed E-state index contributed by atoms with van der Waals surface area (Å²) in [6, 6.07) is 6.09. The van der Waals surface area contributed by atoms with Gasteiger partial charge in [-0.05, 0) is 44.9 Å². The quantitative estimate of drug-likeness (QED) is 0.569. The molecule has 2 heterocycles. The molecule has 0 aliphatic carbocycles. The minimum atomic E-state index is 0.769. The van der Waals surface area contributed by atoms with Gasteiger partial charge in [-0.1, -0.05) is 12.1 Å². The minimum Gasteiger partial charge on any atom is -0.313 e. The number of aryl methyl sites for hydroxylation is 2. The van der Waals surface area contributed by atoms with Crippen LogP contribution in [0.4, 0.5) is 0 Å². The molecule has 4 heteroatoms. The van der Waals surface area contributed by atoms with E-state index in [9.17, 15) is 0 Å². The molecule has 0 aliphatic heterocycles. The van der Waals surface area contributed by atoms with Gasteiger partial charge < -0.3 is 5.32 Å². The largest absolute Gasteiger partial charge is 0.313 e. The first kappa shape index (κ1) is 15.4. The van der Waals surface area contributed by atoms with Crippen molar-refractivity contribution in [1.82, 2.24) is 20.1 Å². The Morgan fingerprint density at radius 3 is 3.00 bits per heavy atom. The molecular formula is C17H24N4. The van der Waals surface area contributed by atoms with Crippen LogP contribution in [0, 0.1) is 6.92 Å². The van der Waals surface area contributed by atoms with Gasteiger partial charge in [0.1, 0.15) is 0 Å². The topological polar surface area (TPSA) is 42.7 Å². The SMILES string of the molecule is C=CCn1cc(CNCCCCc2ccccn2)c(C)n1. The van der Waals surface area contributed by atoms with Crippen LogP contribution in [0.15, 0.2) is 43.2 Å². The molecule has 0 aliphatic rings. The van der Waals surface area contributed by atoms with Crippen LogP contribution < -0.4 is 5.32 Å². The molecule has 0 fully saturated rings. The van der Waals surface area contributed by atoms with Gasteiger partial charge in [-0.3, -0.25) is 9.67 Å². The molecule has 112 valence electrons. The molecule has 0 spiro atoms. The Hall–Kier alpha value is -1.94. The molecule has 0 radical (unpaired) electrons. The summed E-state index contributed by atoms with van der Waals surface area (Å²) >= 11 is 0. The number of hydrogen-bond donors (Lipinski definition) is 1. The van der Waals surface area contributed by atoms with E-state index in [4.69, 9.17) is 0 Å². The van der Waals surface area contributed by atoms with E-state index in [0.29, 0.717) is 0 Å². The molecule has 2 aromatic heterocycles. The van der Waals surface area contributed by atoms with Crippen LogP contribution in [0.5, 0.6) is 0 Å². The molecule has 0 saturated carbocycles. The first-order chi connectivity index (χ1) is 10.3. The molecular weight excluding hydrogens is 260 g/mol. The van der Waals surface area contributed by atoms with Crippen LogP contribution in [-0.4, -0.2) is 21.3 Å². The Balaban J connectivity index is 1.62. The molecule has 1 N–H and O–H groups in total. The van der Waals surface area contributed by atoms with E-state index in [1.807, 2.05) is 29.1 Å². The summed E-state index contributed by atoms with van der Waals surface area (Å²) in [6.45, 7) is 8.46. The fourth-order valence-electron chi connectivity index (χ4n) is 2.28. The maximum Gasteiger partial charge on any atom is 0.0638 e. The lowest BCUT2D eigenvalue weighted by atomic mass is 10.2. The second-order valence-corrected chi connectivity index (χ2v) is 5.21. The zero-order chi connectivity index (χ0) is 14.9. The lowest BCUT2D eigenvalue weighted by Gasteiger charge is -2.04. The molecule has 0 bridgehead atoms. The third-order valence-corrected chi connectivity index (χ3v) is 3.44. The predicted molar refractivity (Wildman–Crippen MR) is 86.0 cm³/mol. The number of rotatable bonds is 9. The molecule has 0 atom stereocenters. The van der Waals surface area contributed by atoms with Crippen LogP contribution in [-0.2, 0) is 19.5 Å². The second kappa shape index (κ2) is 8.37. The van der Waals surface area contributed by atoms with Crippen LogP contribution in [0.25, 0.3) is 0 Å².